The molecule has 2 fully saturated rings. The fraction of sp³-hybridized carbons (Fsp3) is 0.737. The molecule has 3 rings (SSSR count). The summed E-state index contributed by atoms with van der Waals surface area (Å²) in [5.74, 6) is 1.72. The zero-order valence-corrected chi connectivity index (χ0v) is 15.3. The van der Waals surface area contributed by atoms with Crippen molar-refractivity contribution < 1.29 is 0 Å². The Bertz CT molecular complexity index is 508. The Kier molecular flexibility index (Phi) is 6.46. The van der Waals surface area contributed by atoms with Crippen LogP contribution in [0.25, 0.3) is 0 Å². The van der Waals surface area contributed by atoms with Crippen molar-refractivity contribution in [3.8, 4) is 0 Å². The molecule has 1 unspecified atom stereocenters. The normalized spacial score (nSPS) is 19.6. The van der Waals surface area contributed by atoms with Crippen molar-refractivity contribution >= 4 is 5.82 Å². The van der Waals surface area contributed by atoms with Crippen molar-refractivity contribution in [1.29, 1.82) is 0 Å². The molecule has 0 aromatic carbocycles. The predicted octanol–water partition coefficient (Wildman–Crippen LogP) is 2.86. The average Bonchev–Trinajstić information content (AvgIpc) is 3.31. The van der Waals surface area contributed by atoms with E-state index in [2.05, 4.69) is 39.0 Å². The van der Waals surface area contributed by atoms with Crippen molar-refractivity contribution in [2.45, 2.75) is 64.0 Å². The summed E-state index contributed by atoms with van der Waals surface area (Å²) in [6, 6.07) is 2.79. The Hall–Kier alpha value is -1.17. The van der Waals surface area contributed by atoms with Gasteiger partial charge < -0.3 is 15.6 Å². The van der Waals surface area contributed by atoms with Crippen LogP contribution < -0.4 is 16.2 Å². The van der Waals surface area contributed by atoms with Crippen molar-refractivity contribution in [3.63, 3.8) is 0 Å². The highest BCUT2D eigenvalue weighted by molar-refractivity contribution is 5.50. The largest absolute Gasteiger partial charge is 0.308 e. The van der Waals surface area contributed by atoms with E-state index in [1.54, 1.807) is 0 Å². The lowest BCUT2D eigenvalue weighted by molar-refractivity contribution is 0.280. The number of anilines is 1. The molecule has 0 amide bonds. The molecule has 24 heavy (non-hydrogen) atoms. The summed E-state index contributed by atoms with van der Waals surface area (Å²) < 4.78 is 0. The summed E-state index contributed by atoms with van der Waals surface area (Å²) >= 11 is 0. The number of hydrogen-bond donors (Lipinski definition) is 3. The van der Waals surface area contributed by atoms with Gasteiger partial charge in [-0.25, -0.2) is 10.4 Å². The van der Waals surface area contributed by atoms with E-state index in [4.69, 9.17) is 0 Å². The second-order valence-corrected chi connectivity index (χ2v) is 7.25. The van der Waals surface area contributed by atoms with Crippen molar-refractivity contribution in [1.82, 2.24) is 20.6 Å². The second kappa shape index (κ2) is 8.79. The molecule has 3 N–H and O–H groups in total. The molecule has 2 heterocycles. The fourth-order valence-corrected chi connectivity index (χ4v) is 3.83. The highest BCUT2D eigenvalue weighted by Gasteiger charge is 2.27. The molecule has 2 aliphatic rings. The Morgan fingerprint density at radius 2 is 2.08 bits per heavy atom. The fourth-order valence-electron chi connectivity index (χ4n) is 3.83. The van der Waals surface area contributed by atoms with Gasteiger partial charge in [0.1, 0.15) is 5.82 Å². The van der Waals surface area contributed by atoms with Crippen LogP contribution in [0.2, 0.25) is 0 Å². The molecule has 1 atom stereocenters. The SMILES string of the molecule is CCCC(CN1CCCC1)NCc1c(C2CC2)ccnc1NNC. The molecule has 1 aromatic rings. The third-order valence-electron chi connectivity index (χ3n) is 5.23. The van der Waals surface area contributed by atoms with Gasteiger partial charge in [0.2, 0.25) is 0 Å². The molecule has 134 valence electrons. The molecule has 5 heteroatoms. The van der Waals surface area contributed by atoms with Crippen LogP contribution in [0.5, 0.6) is 0 Å². The van der Waals surface area contributed by atoms with E-state index in [1.807, 2.05) is 13.2 Å². The van der Waals surface area contributed by atoms with Crippen LogP contribution in [-0.2, 0) is 6.54 Å². The van der Waals surface area contributed by atoms with Gasteiger partial charge in [-0.05, 0) is 62.7 Å². The predicted molar refractivity (Wildman–Crippen MR) is 100 cm³/mol. The highest BCUT2D eigenvalue weighted by atomic mass is 15.4. The smallest absolute Gasteiger partial charge is 0.144 e. The zero-order chi connectivity index (χ0) is 16.8. The van der Waals surface area contributed by atoms with Crippen LogP contribution in [0.1, 0.15) is 62.5 Å². The van der Waals surface area contributed by atoms with Gasteiger partial charge in [0, 0.05) is 37.9 Å². The van der Waals surface area contributed by atoms with Crippen LogP contribution in [0, 0.1) is 0 Å². The lowest BCUT2D eigenvalue weighted by Crippen LogP contribution is -2.40. The zero-order valence-electron chi connectivity index (χ0n) is 15.3. The number of aromatic nitrogens is 1. The Morgan fingerprint density at radius 3 is 2.75 bits per heavy atom. The molecular weight excluding hydrogens is 298 g/mol. The van der Waals surface area contributed by atoms with Gasteiger partial charge in [0.25, 0.3) is 0 Å². The van der Waals surface area contributed by atoms with Gasteiger partial charge >= 0.3 is 0 Å². The van der Waals surface area contributed by atoms with E-state index in [0.29, 0.717) is 6.04 Å². The summed E-state index contributed by atoms with van der Waals surface area (Å²) in [6.45, 7) is 6.92. The molecule has 1 saturated carbocycles. The molecule has 0 radical (unpaired) electrons. The molecule has 0 bridgehead atoms. The van der Waals surface area contributed by atoms with Crippen LogP contribution in [0.4, 0.5) is 5.82 Å². The second-order valence-electron chi connectivity index (χ2n) is 7.25. The summed E-state index contributed by atoms with van der Waals surface area (Å²) in [7, 11) is 1.90. The number of nitrogens with one attached hydrogen (secondary N) is 3. The summed E-state index contributed by atoms with van der Waals surface area (Å²) in [4.78, 5) is 7.16. The van der Waals surface area contributed by atoms with E-state index in [1.165, 1.54) is 69.3 Å². The first-order chi connectivity index (χ1) is 11.8. The first-order valence-electron chi connectivity index (χ1n) is 9.68. The van der Waals surface area contributed by atoms with Crippen molar-refractivity contribution in [2.24, 2.45) is 0 Å². The molecule has 0 spiro atoms. The average molecular weight is 332 g/mol. The van der Waals surface area contributed by atoms with Gasteiger partial charge in [-0.1, -0.05) is 13.3 Å². The number of nitrogens with zero attached hydrogens (tertiary/aromatic N) is 2. The maximum Gasteiger partial charge on any atom is 0.144 e. The van der Waals surface area contributed by atoms with Gasteiger partial charge in [-0.2, -0.15) is 0 Å². The highest BCUT2D eigenvalue weighted by Crippen LogP contribution is 2.42. The summed E-state index contributed by atoms with van der Waals surface area (Å²) in [5.41, 5.74) is 9.07. The van der Waals surface area contributed by atoms with Crippen molar-refractivity contribution in [2.75, 3.05) is 32.1 Å². The third-order valence-corrected chi connectivity index (χ3v) is 5.23. The van der Waals surface area contributed by atoms with Gasteiger partial charge in [-0.3, -0.25) is 0 Å². The number of rotatable bonds is 10. The van der Waals surface area contributed by atoms with E-state index < -0.39 is 0 Å². The lowest BCUT2D eigenvalue weighted by Gasteiger charge is -2.25. The quantitative estimate of drug-likeness (QED) is 0.576. The molecule has 1 aromatic heterocycles. The van der Waals surface area contributed by atoms with E-state index in [-0.39, 0.29) is 0 Å². The Balaban J connectivity index is 1.66. The maximum absolute atomic E-state index is 4.54. The molecular formula is C19H33N5. The van der Waals surface area contributed by atoms with E-state index >= 15 is 0 Å². The van der Waals surface area contributed by atoms with Crippen LogP contribution in [0.15, 0.2) is 12.3 Å². The Morgan fingerprint density at radius 1 is 1.29 bits per heavy atom. The molecule has 5 nitrogen and oxygen atoms in total. The van der Waals surface area contributed by atoms with E-state index in [0.717, 1.165) is 18.3 Å². The van der Waals surface area contributed by atoms with Crippen LogP contribution in [-0.4, -0.2) is 42.6 Å². The standard InChI is InChI=1S/C19H33N5/c1-3-6-16(14-24-11-4-5-12-24)22-13-18-17(15-7-8-15)9-10-21-19(18)23-20-2/h9-10,15-16,20,22H,3-8,11-14H2,1-2H3,(H,21,23). The number of hydrogen-bond acceptors (Lipinski definition) is 5. The first kappa shape index (κ1) is 17.6. The van der Waals surface area contributed by atoms with Gasteiger partial charge in [-0.15, -0.1) is 0 Å². The number of hydrazine groups is 1. The minimum atomic E-state index is 0.572. The monoisotopic (exact) mass is 331 g/mol. The van der Waals surface area contributed by atoms with E-state index in [9.17, 15) is 0 Å². The number of pyridine rings is 1. The van der Waals surface area contributed by atoms with Gasteiger partial charge in [0.15, 0.2) is 0 Å². The lowest BCUT2D eigenvalue weighted by atomic mass is 10.0. The maximum atomic E-state index is 4.54. The van der Waals surface area contributed by atoms with Crippen molar-refractivity contribution in [3.05, 3.63) is 23.4 Å². The molecule has 1 saturated heterocycles. The van der Waals surface area contributed by atoms with Crippen LogP contribution in [0.3, 0.4) is 0 Å². The summed E-state index contributed by atoms with van der Waals surface area (Å²) in [5, 5.41) is 3.84. The minimum Gasteiger partial charge on any atom is -0.308 e. The topological polar surface area (TPSA) is 52.2 Å². The Labute approximate surface area is 146 Å². The van der Waals surface area contributed by atoms with Gasteiger partial charge in [0.05, 0.1) is 0 Å². The minimum absolute atomic E-state index is 0.572. The summed E-state index contributed by atoms with van der Waals surface area (Å²) in [6.07, 6.45) is 9.78. The molecule has 1 aliphatic carbocycles. The van der Waals surface area contributed by atoms with Crippen LogP contribution >= 0.6 is 0 Å². The number of likely N-dealkylation sites (tertiary alicyclic amines) is 1. The third kappa shape index (κ3) is 4.68. The molecule has 1 aliphatic heterocycles. The first-order valence-corrected chi connectivity index (χ1v) is 9.68.